The summed E-state index contributed by atoms with van der Waals surface area (Å²) in [6, 6.07) is 24.6. The quantitative estimate of drug-likeness (QED) is 0.154. The van der Waals surface area contributed by atoms with Crippen molar-refractivity contribution in [3.05, 3.63) is 107 Å². The lowest BCUT2D eigenvalue weighted by Crippen LogP contribution is -2.43. The van der Waals surface area contributed by atoms with Crippen LogP contribution in [0, 0.1) is 6.92 Å². The summed E-state index contributed by atoms with van der Waals surface area (Å²) in [5, 5.41) is 1.19. The van der Waals surface area contributed by atoms with Gasteiger partial charge in [-0.05, 0) is 67.5 Å². The maximum absolute atomic E-state index is 13.8. The first kappa shape index (κ1) is 30.1. The van der Waals surface area contributed by atoms with Crippen LogP contribution < -0.4 is 0 Å². The second-order valence-corrected chi connectivity index (χ2v) is 11.1. The van der Waals surface area contributed by atoms with Crippen molar-refractivity contribution in [1.29, 1.82) is 0 Å². The highest BCUT2D eigenvalue weighted by Gasteiger charge is 2.22. The fraction of sp³-hybridized carbons (Fsp3) is 0.389. The topological polar surface area (TPSA) is 56.4 Å². The van der Waals surface area contributed by atoms with Crippen molar-refractivity contribution < 1.29 is 9.59 Å². The highest BCUT2D eigenvalue weighted by Crippen LogP contribution is 2.19. The van der Waals surface area contributed by atoms with Gasteiger partial charge in [0.2, 0.25) is 5.91 Å². The highest BCUT2D eigenvalue weighted by molar-refractivity contribution is 5.96. The molecule has 5 nitrogen and oxygen atoms in total. The number of rotatable bonds is 15. The number of amides is 2. The molecule has 41 heavy (non-hydrogen) atoms. The number of nitrogens with one attached hydrogen (secondary N) is 1. The molecule has 4 aromatic rings. The van der Waals surface area contributed by atoms with Gasteiger partial charge in [-0.1, -0.05) is 93.3 Å². The fourth-order valence-corrected chi connectivity index (χ4v) is 5.34. The average Bonchev–Trinajstić information content (AvgIpc) is 3.41. The lowest BCUT2D eigenvalue weighted by atomic mass is 10.0. The zero-order valence-corrected chi connectivity index (χ0v) is 25.0. The summed E-state index contributed by atoms with van der Waals surface area (Å²) in [6.45, 7) is 8.05. The van der Waals surface area contributed by atoms with E-state index in [0.29, 0.717) is 25.2 Å². The van der Waals surface area contributed by atoms with Crippen molar-refractivity contribution in [2.45, 2.75) is 72.3 Å². The number of fused-ring (bicyclic) bond motifs is 1. The molecule has 0 spiro atoms. The van der Waals surface area contributed by atoms with E-state index >= 15 is 0 Å². The Morgan fingerprint density at radius 2 is 1.46 bits per heavy atom. The maximum Gasteiger partial charge on any atom is 0.254 e. The van der Waals surface area contributed by atoms with Crippen LogP contribution in [0.4, 0.5) is 0 Å². The summed E-state index contributed by atoms with van der Waals surface area (Å²) in [4.78, 5) is 34.3. The number of hydrogen-bond acceptors (Lipinski definition) is 2. The number of aromatic amines is 1. The Balaban J connectivity index is 1.46. The van der Waals surface area contributed by atoms with Crippen LogP contribution in [0.3, 0.4) is 0 Å². The molecule has 1 aromatic heterocycles. The van der Waals surface area contributed by atoms with Gasteiger partial charge in [0.1, 0.15) is 6.54 Å². The van der Waals surface area contributed by atoms with Gasteiger partial charge in [0, 0.05) is 42.3 Å². The Morgan fingerprint density at radius 1 is 0.732 bits per heavy atom. The van der Waals surface area contributed by atoms with Crippen LogP contribution >= 0.6 is 0 Å². The first-order valence-electron chi connectivity index (χ1n) is 15.2. The van der Waals surface area contributed by atoms with E-state index in [1.54, 1.807) is 4.90 Å². The standard InChI is InChI=1S/C36H45N3O2/c1-4-6-7-8-11-29-18-20-31(21-19-29)36(41)39(23-5-2)27-35(40)38(26-30-16-14-28(3)15-17-30)24-22-32-25-37-34-13-10-9-12-33(32)34/h9-10,12-21,25,37H,4-8,11,22-24,26-27H2,1-3H3. The van der Waals surface area contributed by atoms with E-state index in [0.717, 1.165) is 30.3 Å². The minimum absolute atomic E-state index is 0.0280. The highest BCUT2D eigenvalue weighted by atomic mass is 16.2. The first-order chi connectivity index (χ1) is 20.0. The molecular formula is C36H45N3O2. The van der Waals surface area contributed by atoms with Crippen molar-refractivity contribution in [1.82, 2.24) is 14.8 Å². The lowest BCUT2D eigenvalue weighted by Gasteiger charge is -2.28. The molecule has 0 bridgehead atoms. The number of aryl methyl sites for hydroxylation is 2. The molecule has 0 aliphatic carbocycles. The molecular weight excluding hydrogens is 506 g/mol. The molecule has 0 fully saturated rings. The summed E-state index contributed by atoms with van der Waals surface area (Å²) in [5.74, 6) is -0.107. The van der Waals surface area contributed by atoms with Gasteiger partial charge in [0.15, 0.2) is 0 Å². The second-order valence-electron chi connectivity index (χ2n) is 11.1. The average molecular weight is 552 g/mol. The number of benzene rings is 3. The molecule has 216 valence electrons. The predicted molar refractivity (Wildman–Crippen MR) is 169 cm³/mol. The Kier molecular flexibility index (Phi) is 11.2. The fourth-order valence-electron chi connectivity index (χ4n) is 5.34. The van der Waals surface area contributed by atoms with Gasteiger partial charge in [-0.3, -0.25) is 9.59 Å². The number of carbonyl (C=O) groups is 2. The molecule has 0 aliphatic heterocycles. The van der Waals surface area contributed by atoms with Crippen LogP contribution in [0.2, 0.25) is 0 Å². The number of aromatic nitrogens is 1. The summed E-state index contributed by atoms with van der Waals surface area (Å²) in [5.41, 5.74) is 6.48. The molecule has 2 amide bonds. The monoisotopic (exact) mass is 551 g/mol. The molecule has 3 aromatic carbocycles. The Hall–Kier alpha value is -3.86. The number of para-hydroxylation sites is 1. The molecule has 0 unspecified atom stereocenters. The number of carbonyl (C=O) groups excluding carboxylic acids is 2. The lowest BCUT2D eigenvalue weighted by molar-refractivity contribution is -0.132. The van der Waals surface area contributed by atoms with Crippen LogP contribution in [0.25, 0.3) is 10.9 Å². The molecule has 0 atom stereocenters. The SMILES string of the molecule is CCCCCCc1ccc(C(=O)N(CCC)CC(=O)N(CCc2c[nH]c3ccccc23)Cc2ccc(C)cc2)cc1. The molecule has 0 saturated carbocycles. The summed E-state index contributed by atoms with van der Waals surface area (Å²) in [6.07, 6.45) is 9.51. The minimum atomic E-state index is -0.0790. The van der Waals surface area contributed by atoms with Crippen LogP contribution in [-0.2, 0) is 24.2 Å². The number of hydrogen-bond donors (Lipinski definition) is 1. The second kappa shape index (κ2) is 15.2. The van der Waals surface area contributed by atoms with E-state index in [-0.39, 0.29) is 18.4 Å². The third-order valence-electron chi connectivity index (χ3n) is 7.80. The first-order valence-corrected chi connectivity index (χ1v) is 15.2. The van der Waals surface area contributed by atoms with E-state index in [9.17, 15) is 9.59 Å². The summed E-state index contributed by atoms with van der Waals surface area (Å²) < 4.78 is 0. The van der Waals surface area contributed by atoms with Crippen LogP contribution in [0.1, 0.15) is 78.6 Å². The Labute approximate surface area is 245 Å². The Bertz CT molecular complexity index is 1390. The zero-order valence-electron chi connectivity index (χ0n) is 25.0. The normalized spacial score (nSPS) is 11.1. The number of H-pyrrole nitrogens is 1. The van der Waals surface area contributed by atoms with Gasteiger partial charge in [-0.2, -0.15) is 0 Å². The molecule has 1 heterocycles. The van der Waals surface area contributed by atoms with Gasteiger partial charge in [-0.25, -0.2) is 0 Å². The van der Waals surface area contributed by atoms with Crippen molar-refractivity contribution in [2.24, 2.45) is 0 Å². The van der Waals surface area contributed by atoms with Crippen LogP contribution in [-0.4, -0.2) is 46.2 Å². The number of nitrogens with zero attached hydrogens (tertiary/aromatic N) is 2. The predicted octanol–water partition coefficient (Wildman–Crippen LogP) is 7.72. The third-order valence-corrected chi connectivity index (χ3v) is 7.80. The van der Waals surface area contributed by atoms with Crippen molar-refractivity contribution in [2.75, 3.05) is 19.6 Å². The van der Waals surface area contributed by atoms with Crippen LogP contribution in [0.5, 0.6) is 0 Å². The maximum atomic E-state index is 13.8. The Morgan fingerprint density at radius 3 is 2.20 bits per heavy atom. The van der Waals surface area contributed by atoms with Gasteiger partial charge in [0.05, 0.1) is 0 Å². The van der Waals surface area contributed by atoms with E-state index in [1.165, 1.54) is 47.8 Å². The van der Waals surface area contributed by atoms with Gasteiger partial charge < -0.3 is 14.8 Å². The smallest absolute Gasteiger partial charge is 0.254 e. The molecule has 1 N–H and O–H groups in total. The van der Waals surface area contributed by atoms with Gasteiger partial charge in [0.25, 0.3) is 5.91 Å². The van der Waals surface area contributed by atoms with Crippen molar-refractivity contribution in [3.8, 4) is 0 Å². The molecule has 4 rings (SSSR count). The van der Waals surface area contributed by atoms with E-state index in [4.69, 9.17) is 0 Å². The van der Waals surface area contributed by atoms with Crippen molar-refractivity contribution in [3.63, 3.8) is 0 Å². The molecule has 0 radical (unpaired) electrons. The van der Waals surface area contributed by atoms with Crippen LogP contribution in [0.15, 0.2) is 79.0 Å². The van der Waals surface area contributed by atoms with E-state index in [1.807, 2.05) is 42.3 Å². The molecule has 0 aliphatic rings. The largest absolute Gasteiger partial charge is 0.361 e. The van der Waals surface area contributed by atoms with Gasteiger partial charge in [-0.15, -0.1) is 0 Å². The summed E-state index contributed by atoms with van der Waals surface area (Å²) >= 11 is 0. The van der Waals surface area contributed by atoms with Crippen molar-refractivity contribution >= 4 is 22.7 Å². The molecule has 5 heteroatoms. The molecule has 0 saturated heterocycles. The summed E-state index contributed by atoms with van der Waals surface area (Å²) in [7, 11) is 0. The van der Waals surface area contributed by atoms with E-state index in [2.05, 4.69) is 67.4 Å². The third kappa shape index (κ3) is 8.56. The van der Waals surface area contributed by atoms with Gasteiger partial charge >= 0.3 is 0 Å². The minimum Gasteiger partial charge on any atom is -0.361 e. The number of unbranched alkanes of at least 4 members (excludes halogenated alkanes) is 3. The van der Waals surface area contributed by atoms with E-state index < -0.39 is 0 Å². The zero-order chi connectivity index (χ0) is 29.0.